The van der Waals surface area contributed by atoms with E-state index in [0.717, 1.165) is 0 Å². The number of halogens is 1. The molecule has 0 saturated carbocycles. The molecule has 3 rings (SSSR count). The van der Waals surface area contributed by atoms with Crippen molar-refractivity contribution in [2.75, 3.05) is 13.1 Å². The molecule has 120 valence electrons. The molecule has 1 fully saturated rings. The average molecular weight is 336 g/mol. The maximum absolute atomic E-state index is 12.6. The minimum Gasteiger partial charge on any atom is -0.481 e. The Labute approximate surface area is 136 Å². The topological polar surface area (TPSA) is 101 Å². The third-order valence-electron chi connectivity index (χ3n) is 4.07. The minimum absolute atomic E-state index is 0.173. The smallest absolute Gasteiger partial charge is 0.311 e. The predicted octanol–water partition coefficient (Wildman–Crippen LogP) is 1.25. The molecule has 8 nitrogen and oxygen atoms in total. The van der Waals surface area contributed by atoms with E-state index in [4.69, 9.17) is 11.6 Å². The molecule has 0 spiro atoms. The van der Waals surface area contributed by atoms with Crippen LogP contribution in [0.5, 0.6) is 0 Å². The van der Waals surface area contributed by atoms with Gasteiger partial charge in [0.2, 0.25) is 0 Å². The first kappa shape index (κ1) is 15.4. The lowest BCUT2D eigenvalue weighted by molar-refractivity contribution is -0.147. The summed E-state index contributed by atoms with van der Waals surface area (Å²) in [5.41, 5.74) is 0.0561. The number of carboxylic acid groups (broad SMARTS) is 1. The van der Waals surface area contributed by atoms with Crippen LogP contribution < -0.4 is 0 Å². The normalized spacial score (nSPS) is 20.7. The summed E-state index contributed by atoms with van der Waals surface area (Å²) in [6.45, 7) is 2.21. The van der Waals surface area contributed by atoms with E-state index in [1.54, 1.807) is 25.1 Å². The number of aliphatic carboxylic acids is 1. The van der Waals surface area contributed by atoms with Crippen LogP contribution in [0, 0.1) is 5.41 Å². The van der Waals surface area contributed by atoms with E-state index in [9.17, 15) is 14.7 Å². The molecule has 1 aliphatic rings. The Morgan fingerprint density at radius 2 is 2.17 bits per heavy atom. The monoisotopic (exact) mass is 335 g/mol. The van der Waals surface area contributed by atoms with Gasteiger partial charge in [0.25, 0.3) is 5.91 Å². The molecule has 1 N–H and O–H groups in total. The number of carbonyl (C=O) groups is 2. The fourth-order valence-corrected chi connectivity index (χ4v) is 2.83. The predicted molar refractivity (Wildman–Crippen MR) is 80.4 cm³/mol. The van der Waals surface area contributed by atoms with Gasteiger partial charge in [-0.05, 0) is 42.0 Å². The van der Waals surface area contributed by atoms with E-state index in [1.807, 2.05) is 0 Å². The second-order valence-electron chi connectivity index (χ2n) is 5.76. The molecule has 2 aromatic rings. The molecule has 0 bridgehead atoms. The zero-order valence-corrected chi connectivity index (χ0v) is 13.1. The number of carboxylic acids is 1. The first-order valence-corrected chi connectivity index (χ1v) is 7.34. The van der Waals surface area contributed by atoms with Crippen molar-refractivity contribution in [1.29, 1.82) is 0 Å². The number of nitrogens with zero attached hydrogens (tertiary/aromatic N) is 5. The van der Waals surface area contributed by atoms with Gasteiger partial charge in [-0.1, -0.05) is 11.6 Å². The number of hydrogen-bond acceptors (Lipinski definition) is 5. The Bertz CT molecular complexity index is 764. The van der Waals surface area contributed by atoms with Gasteiger partial charge in [0, 0.05) is 13.1 Å². The van der Waals surface area contributed by atoms with Gasteiger partial charge in [0.05, 0.1) is 21.7 Å². The number of rotatable bonds is 3. The van der Waals surface area contributed by atoms with Crippen molar-refractivity contribution in [1.82, 2.24) is 25.1 Å². The van der Waals surface area contributed by atoms with Gasteiger partial charge in [-0.15, -0.1) is 5.10 Å². The van der Waals surface area contributed by atoms with Crippen molar-refractivity contribution in [2.24, 2.45) is 5.41 Å². The summed E-state index contributed by atoms with van der Waals surface area (Å²) in [7, 11) is 0. The summed E-state index contributed by atoms with van der Waals surface area (Å²) in [6, 6.07) is 4.87. The Morgan fingerprint density at radius 1 is 1.39 bits per heavy atom. The van der Waals surface area contributed by atoms with Gasteiger partial charge in [0.1, 0.15) is 6.33 Å². The van der Waals surface area contributed by atoms with Crippen molar-refractivity contribution in [3.8, 4) is 5.69 Å². The molecule has 1 amide bonds. The maximum atomic E-state index is 12.6. The van der Waals surface area contributed by atoms with Crippen molar-refractivity contribution in [3.05, 3.63) is 35.1 Å². The van der Waals surface area contributed by atoms with Crippen LogP contribution in [0.1, 0.15) is 23.7 Å². The molecule has 1 saturated heterocycles. The van der Waals surface area contributed by atoms with E-state index in [1.165, 1.54) is 15.9 Å². The molecule has 9 heteroatoms. The highest BCUT2D eigenvalue weighted by Crippen LogP contribution is 2.32. The van der Waals surface area contributed by atoms with E-state index >= 15 is 0 Å². The van der Waals surface area contributed by atoms with Crippen molar-refractivity contribution in [3.63, 3.8) is 0 Å². The SMILES string of the molecule is C[C@@]1(C(=O)O)CCN(C(=O)c2ccc(-n3cnnn3)cc2Cl)C1. The van der Waals surface area contributed by atoms with Gasteiger partial charge >= 0.3 is 5.97 Å². The number of aromatic nitrogens is 4. The molecule has 1 atom stereocenters. The number of hydrogen-bond donors (Lipinski definition) is 1. The van der Waals surface area contributed by atoms with Crippen LogP contribution in [-0.2, 0) is 4.79 Å². The van der Waals surface area contributed by atoms with E-state index in [-0.39, 0.29) is 17.5 Å². The third-order valence-corrected chi connectivity index (χ3v) is 4.39. The van der Waals surface area contributed by atoms with Gasteiger partial charge in [0.15, 0.2) is 0 Å². The summed E-state index contributed by atoms with van der Waals surface area (Å²) >= 11 is 6.21. The lowest BCUT2D eigenvalue weighted by atomic mass is 9.90. The molecular weight excluding hydrogens is 322 g/mol. The maximum Gasteiger partial charge on any atom is 0.311 e. The lowest BCUT2D eigenvalue weighted by Gasteiger charge is -2.20. The van der Waals surface area contributed by atoms with Gasteiger partial charge in [-0.3, -0.25) is 9.59 Å². The highest BCUT2D eigenvalue weighted by Gasteiger charge is 2.42. The molecule has 1 aliphatic heterocycles. The number of amides is 1. The van der Waals surface area contributed by atoms with Crippen molar-refractivity contribution in [2.45, 2.75) is 13.3 Å². The Kier molecular flexibility index (Phi) is 3.77. The first-order chi connectivity index (χ1) is 10.9. The molecule has 23 heavy (non-hydrogen) atoms. The van der Waals surface area contributed by atoms with Crippen LogP contribution in [0.3, 0.4) is 0 Å². The third kappa shape index (κ3) is 2.77. The van der Waals surface area contributed by atoms with Crippen LogP contribution >= 0.6 is 11.6 Å². The second kappa shape index (κ2) is 5.62. The fourth-order valence-electron chi connectivity index (χ4n) is 2.58. The molecular formula is C14H14ClN5O3. The van der Waals surface area contributed by atoms with Gasteiger partial charge in [-0.25, -0.2) is 4.68 Å². The Balaban J connectivity index is 1.82. The number of benzene rings is 1. The van der Waals surface area contributed by atoms with Crippen molar-refractivity contribution < 1.29 is 14.7 Å². The molecule has 0 aliphatic carbocycles. The Hall–Kier alpha value is -2.48. The highest BCUT2D eigenvalue weighted by atomic mass is 35.5. The zero-order valence-electron chi connectivity index (χ0n) is 12.3. The van der Waals surface area contributed by atoms with Crippen LogP contribution in [0.25, 0.3) is 5.69 Å². The van der Waals surface area contributed by atoms with E-state index < -0.39 is 11.4 Å². The summed E-state index contributed by atoms with van der Waals surface area (Å²) in [6.07, 6.45) is 1.85. The molecule has 1 aromatic heterocycles. The van der Waals surface area contributed by atoms with E-state index in [2.05, 4.69) is 15.5 Å². The lowest BCUT2D eigenvalue weighted by Crippen LogP contribution is -2.35. The summed E-state index contributed by atoms with van der Waals surface area (Å²) in [5.74, 6) is -1.17. The standard InChI is InChI=1S/C14H14ClN5O3/c1-14(13(22)23)4-5-19(7-14)12(21)10-3-2-9(6-11(10)15)20-8-16-17-18-20/h2-3,6,8H,4-5,7H2,1H3,(H,22,23)/t14-/m1/s1. The van der Waals surface area contributed by atoms with Crippen molar-refractivity contribution >= 4 is 23.5 Å². The number of likely N-dealkylation sites (tertiary alicyclic amines) is 1. The van der Waals surface area contributed by atoms with Gasteiger partial charge < -0.3 is 10.0 Å². The van der Waals surface area contributed by atoms with Crippen LogP contribution in [0.4, 0.5) is 0 Å². The summed E-state index contributed by atoms with van der Waals surface area (Å²) < 4.78 is 1.43. The number of tetrazole rings is 1. The highest BCUT2D eigenvalue weighted by molar-refractivity contribution is 6.34. The molecule has 0 unspecified atom stereocenters. The number of carbonyl (C=O) groups excluding carboxylic acids is 1. The second-order valence-corrected chi connectivity index (χ2v) is 6.17. The molecule has 1 aromatic carbocycles. The Morgan fingerprint density at radius 3 is 2.74 bits per heavy atom. The fraction of sp³-hybridized carbons (Fsp3) is 0.357. The zero-order chi connectivity index (χ0) is 16.6. The van der Waals surface area contributed by atoms with E-state index in [0.29, 0.717) is 24.2 Å². The quantitative estimate of drug-likeness (QED) is 0.906. The van der Waals surface area contributed by atoms with Crippen LogP contribution in [0.2, 0.25) is 5.02 Å². The molecule has 2 heterocycles. The van der Waals surface area contributed by atoms with Crippen LogP contribution in [-0.4, -0.2) is 55.2 Å². The van der Waals surface area contributed by atoms with Gasteiger partial charge in [-0.2, -0.15) is 0 Å². The summed E-state index contributed by atoms with van der Waals surface area (Å²) in [5, 5.41) is 20.4. The molecule has 0 radical (unpaired) electrons. The largest absolute Gasteiger partial charge is 0.481 e. The van der Waals surface area contributed by atoms with Crippen LogP contribution in [0.15, 0.2) is 24.5 Å². The average Bonchev–Trinajstić information content (AvgIpc) is 3.16. The minimum atomic E-state index is -0.908. The first-order valence-electron chi connectivity index (χ1n) is 6.96. The summed E-state index contributed by atoms with van der Waals surface area (Å²) in [4.78, 5) is 25.4.